The van der Waals surface area contributed by atoms with Gasteiger partial charge in [-0.15, -0.1) is 0 Å². The number of nitrogens with one attached hydrogen (secondary N) is 2. The topological polar surface area (TPSA) is 171 Å². The molecule has 4 heterocycles. The van der Waals surface area contributed by atoms with Crippen molar-refractivity contribution in [2.75, 3.05) is 41.8 Å². The van der Waals surface area contributed by atoms with Gasteiger partial charge in [-0.3, -0.25) is 15.5 Å². The molecule has 1 saturated carbocycles. The van der Waals surface area contributed by atoms with Crippen LogP contribution in [-0.4, -0.2) is 88.4 Å². The van der Waals surface area contributed by atoms with Crippen LogP contribution in [0.2, 0.25) is 0 Å². The zero-order valence-electron chi connectivity index (χ0n) is 32.2. The number of amides is 4. The summed E-state index contributed by atoms with van der Waals surface area (Å²) in [6.45, 7) is 18.7. The Morgan fingerprint density at radius 3 is 2.07 bits per heavy atom. The van der Waals surface area contributed by atoms with Crippen molar-refractivity contribution in [3.05, 3.63) is 35.9 Å². The van der Waals surface area contributed by atoms with Crippen LogP contribution in [0.5, 0.6) is 5.88 Å². The Kier molecular flexibility index (Phi) is 9.78. The third kappa shape index (κ3) is 8.37. The Bertz CT molecular complexity index is 2010. The predicted molar refractivity (Wildman–Crippen MR) is 197 cm³/mol. The molecule has 3 aromatic rings. The number of carbonyl (C=O) groups excluding carboxylic acids is 4. The van der Waals surface area contributed by atoms with E-state index in [2.05, 4.69) is 20.6 Å². The maximum atomic E-state index is 16.7. The second kappa shape index (κ2) is 13.8. The monoisotopic (exact) mass is 750 g/mol. The number of likely N-dealkylation sites (tertiary alicyclic amines) is 1. The van der Waals surface area contributed by atoms with Crippen LogP contribution >= 0.6 is 0 Å². The fourth-order valence-corrected chi connectivity index (χ4v) is 6.55. The molecule has 2 N–H and O–H groups in total. The second-order valence-electron chi connectivity index (χ2n) is 16.7. The average Bonchev–Trinajstić information content (AvgIpc) is 3.44. The molecular weight excluding hydrogens is 703 g/mol. The lowest BCUT2D eigenvalue weighted by molar-refractivity contribution is 0.0244. The molecule has 290 valence electrons. The summed E-state index contributed by atoms with van der Waals surface area (Å²) < 4.78 is 44.7. The Labute approximate surface area is 312 Å². The summed E-state index contributed by atoms with van der Waals surface area (Å²) in [5.41, 5.74) is -1.32. The molecular formula is C38H47FN6O9. The zero-order chi connectivity index (χ0) is 39.5. The number of pyridine rings is 2. The number of benzene rings is 1. The number of hydrogen-bond acceptors (Lipinski definition) is 11. The second-order valence-corrected chi connectivity index (χ2v) is 16.7. The van der Waals surface area contributed by atoms with Crippen molar-refractivity contribution in [3.8, 4) is 17.0 Å². The number of anilines is 3. The highest BCUT2D eigenvalue weighted by molar-refractivity contribution is 6.05. The quantitative estimate of drug-likeness (QED) is 0.251. The van der Waals surface area contributed by atoms with Crippen LogP contribution in [0.3, 0.4) is 0 Å². The first-order valence-electron chi connectivity index (χ1n) is 17.8. The third-order valence-corrected chi connectivity index (χ3v) is 8.83. The van der Waals surface area contributed by atoms with Gasteiger partial charge in [0.05, 0.1) is 12.2 Å². The van der Waals surface area contributed by atoms with Gasteiger partial charge in [-0.05, 0) is 92.3 Å². The summed E-state index contributed by atoms with van der Waals surface area (Å²) in [6, 6.07) is 3.06. The first-order chi connectivity index (χ1) is 25.1. The van der Waals surface area contributed by atoms with Crippen LogP contribution in [0, 0.1) is 24.6 Å². The highest BCUT2D eigenvalue weighted by atomic mass is 19.1. The van der Waals surface area contributed by atoms with Crippen molar-refractivity contribution in [2.45, 2.75) is 92.1 Å². The first-order valence-corrected chi connectivity index (χ1v) is 17.8. The van der Waals surface area contributed by atoms with Gasteiger partial charge in [-0.25, -0.2) is 33.5 Å². The third-order valence-electron chi connectivity index (χ3n) is 8.83. The van der Waals surface area contributed by atoms with Gasteiger partial charge in [0.15, 0.2) is 5.82 Å². The van der Waals surface area contributed by atoms with Crippen LogP contribution < -0.4 is 20.3 Å². The van der Waals surface area contributed by atoms with E-state index in [0.717, 1.165) is 0 Å². The van der Waals surface area contributed by atoms with E-state index in [4.69, 9.17) is 23.7 Å². The van der Waals surface area contributed by atoms with Crippen molar-refractivity contribution >= 4 is 52.3 Å². The molecule has 6 rings (SSSR count). The zero-order valence-corrected chi connectivity index (χ0v) is 32.2. The number of halogens is 1. The number of piperidine rings is 1. The van der Waals surface area contributed by atoms with Crippen LogP contribution in [0.15, 0.2) is 24.5 Å². The van der Waals surface area contributed by atoms with E-state index >= 15 is 4.39 Å². The van der Waals surface area contributed by atoms with E-state index < -0.39 is 47.0 Å². The molecule has 2 fully saturated rings. The van der Waals surface area contributed by atoms with E-state index in [1.807, 2.05) is 0 Å². The van der Waals surface area contributed by atoms with Crippen molar-refractivity contribution in [1.82, 2.24) is 14.9 Å². The molecule has 16 heteroatoms. The summed E-state index contributed by atoms with van der Waals surface area (Å²) in [6.07, 6.45) is -0.243. The van der Waals surface area contributed by atoms with Gasteiger partial charge in [0.1, 0.15) is 41.0 Å². The maximum absolute atomic E-state index is 16.7. The molecule has 2 aliphatic heterocycles. The van der Waals surface area contributed by atoms with Crippen LogP contribution in [-0.2, 0) is 18.9 Å². The highest BCUT2D eigenvalue weighted by Gasteiger charge is 2.60. The van der Waals surface area contributed by atoms with Crippen LogP contribution in [0.1, 0.15) is 67.9 Å². The number of aromatic nitrogens is 2. The smallest absolute Gasteiger partial charge is 0.415 e. The molecule has 1 aromatic carbocycles. The Balaban J connectivity index is 1.29. The summed E-state index contributed by atoms with van der Waals surface area (Å²) in [5.74, 6) is -0.497. The van der Waals surface area contributed by atoms with Crippen molar-refractivity contribution in [3.63, 3.8) is 0 Å². The minimum atomic E-state index is -0.893. The van der Waals surface area contributed by atoms with Crippen molar-refractivity contribution < 1.29 is 47.3 Å². The standard InChI is InChI=1S/C38H47FN6O9/c1-19-22(15-41-31-29(19)45(11-12-50-31)35(49)54-38(8,9)10)21-13-20-14-26(40-16-23(20)28(27(21)39)43-33(47)52-36(2,3)4)42-32(46)51-30-24-17-44(18-25(24)30)34(48)53-37(5,6)7/h13-16,24-25,30H,11-12,17-18H2,1-10H3,(H,43,47)(H,40,42,46)/t24-,25+,30+. The molecule has 1 aliphatic carbocycles. The lowest BCUT2D eigenvalue weighted by atomic mass is 9.96. The molecule has 0 bridgehead atoms. The van der Waals surface area contributed by atoms with Crippen molar-refractivity contribution in [1.29, 1.82) is 0 Å². The lowest BCUT2D eigenvalue weighted by Crippen LogP contribution is -2.42. The molecule has 0 unspecified atom stereocenters. The molecule has 54 heavy (non-hydrogen) atoms. The average molecular weight is 751 g/mol. The molecule has 4 amide bonds. The van der Waals surface area contributed by atoms with Gasteiger partial charge in [0.25, 0.3) is 0 Å². The summed E-state index contributed by atoms with van der Waals surface area (Å²) in [7, 11) is 0. The Hall–Kier alpha value is -5.41. The molecule has 1 saturated heterocycles. The van der Waals surface area contributed by atoms with E-state index in [9.17, 15) is 19.2 Å². The van der Waals surface area contributed by atoms with E-state index in [-0.39, 0.29) is 59.4 Å². The number of rotatable bonds is 4. The Morgan fingerprint density at radius 1 is 0.815 bits per heavy atom. The highest BCUT2D eigenvalue weighted by Crippen LogP contribution is 2.48. The van der Waals surface area contributed by atoms with E-state index in [1.165, 1.54) is 29.4 Å². The largest absolute Gasteiger partial charge is 0.474 e. The molecule has 3 atom stereocenters. The van der Waals surface area contributed by atoms with Gasteiger partial charge in [-0.2, -0.15) is 0 Å². The van der Waals surface area contributed by atoms with Gasteiger partial charge < -0.3 is 28.6 Å². The number of hydrogen-bond donors (Lipinski definition) is 2. The fraction of sp³-hybridized carbons (Fsp3) is 0.526. The van der Waals surface area contributed by atoms with Gasteiger partial charge in [0.2, 0.25) is 5.88 Å². The number of ether oxygens (including phenoxy) is 5. The summed E-state index contributed by atoms with van der Waals surface area (Å²) >= 11 is 0. The van der Waals surface area contributed by atoms with Gasteiger partial charge >= 0.3 is 24.4 Å². The SMILES string of the molecule is Cc1c(-c2cc3cc(NC(=O)O[C@H]4[C@@H]5CN(C(=O)OC(C)(C)C)C[C@@H]54)ncc3c(NC(=O)OC(C)(C)C)c2F)cnc2c1N(C(=O)OC(C)(C)C)CCO2. The van der Waals surface area contributed by atoms with Crippen LogP contribution in [0.4, 0.5) is 40.8 Å². The minimum Gasteiger partial charge on any atom is -0.474 e. The van der Waals surface area contributed by atoms with Crippen LogP contribution in [0.25, 0.3) is 21.9 Å². The lowest BCUT2D eigenvalue weighted by Gasteiger charge is -2.32. The summed E-state index contributed by atoms with van der Waals surface area (Å²) in [4.78, 5) is 63.4. The molecule has 0 spiro atoms. The van der Waals surface area contributed by atoms with E-state index in [1.54, 1.807) is 74.1 Å². The number of nitrogens with zero attached hydrogens (tertiary/aromatic N) is 4. The van der Waals surface area contributed by atoms with Gasteiger partial charge in [-0.1, -0.05) is 0 Å². The fourth-order valence-electron chi connectivity index (χ4n) is 6.55. The Morgan fingerprint density at radius 2 is 1.44 bits per heavy atom. The van der Waals surface area contributed by atoms with Crippen molar-refractivity contribution in [2.24, 2.45) is 11.8 Å². The number of fused-ring (bicyclic) bond motifs is 3. The molecule has 2 aromatic heterocycles. The van der Waals surface area contributed by atoms with E-state index in [0.29, 0.717) is 35.3 Å². The number of carbonyl (C=O) groups is 4. The summed E-state index contributed by atoms with van der Waals surface area (Å²) in [5, 5.41) is 5.81. The normalized spacial score (nSPS) is 19.3. The molecule has 3 aliphatic rings. The predicted octanol–water partition coefficient (Wildman–Crippen LogP) is 7.64. The molecule has 0 radical (unpaired) electrons. The minimum absolute atomic E-state index is 0.00459. The van der Waals surface area contributed by atoms with Gasteiger partial charge in [0, 0.05) is 53.8 Å². The maximum Gasteiger partial charge on any atom is 0.415 e. The molecule has 15 nitrogen and oxygen atoms in total. The first kappa shape index (κ1) is 38.3.